The van der Waals surface area contributed by atoms with Crippen molar-refractivity contribution >= 4 is 53.4 Å². The molecule has 0 spiro atoms. The summed E-state index contributed by atoms with van der Waals surface area (Å²) in [5.74, 6) is -1.64. The number of fused-ring (bicyclic) bond motifs is 1. The topological polar surface area (TPSA) is 145 Å². The van der Waals surface area contributed by atoms with Gasteiger partial charge in [-0.2, -0.15) is 0 Å². The molecule has 14 heteroatoms. The minimum atomic E-state index is -0.746. The van der Waals surface area contributed by atoms with Gasteiger partial charge >= 0.3 is 29.8 Å². The van der Waals surface area contributed by atoms with E-state index in [4.69, 9.17) is 35.0 Å². The molecule has 0 atom stereocenters. The Morgan fingerprint density at radius 2 is 1.23 bits per heavy atom. The van der Waals surface area contributed by atoms with Crippen LogP contribution in [0.15, 0.2) is 44.5 Å². The molecular weight excluding hydrogens is 771 g/mol. The van der Waals surface area contributed by atoms with Gasteiger partial charge in [-0.3, -0.25) is 19.2 Å². The number of hydrogen-bond donors (Lipinski definition) is 0. The van der Waals surface area contributed by atoms with Crippen LogP contribution in [0.1, 0.15) is 117 Å². The highest BCUT2D eigenvalue weighted by Gasteiger charge is 2.36. The van der Waals surface area contributed by atoms with Gasteiger partial charge in [0.15, 0.2) is 0 Å². The van der Waals surface area contributed by atoms with E-state index in [1.165, 1.54) is 6.08 Å². The third kappa shape index (κ3) is 12.8. The van der Waals surface area contributed by atoms with Crippen LogP contribution in [0, 0.1) is 30.2 Å². The Balaban J connectivity index is 1.08. The Hall–Kier alpha value is -3.80. The van der Waals surface area contributed by atoms with Crippen molar-refractivity contribution in [2.75, 3.05) is 19.8 Å². The number of ether oxygens (including phenoxy) is 6. The van der Waals surface area contributed by atoms with E-state index in [9.17, 15) is 24.0 Å². The molecular formula is C43H55NO11S2. The molecule has 310 valence electrons. The number of carbonyl (C=O) groups excluding carboxylic acids is 5. The van der Waals surface area contributed by atoms with Crippen LogP contribution in [0.2, 0.25) is 0 Å². The monoisotopic (exact) mass is 825 g/mol. The van der Waals surface area contributed by atoms with Crippen molar-refractivity contribution in [3.8, 4) is 11.5 Å². The molecule has 0 saturated heterocycles. The molecule has 57 heavy (non-hydrogen) atoms. The van der Waals surface area contributed by atoms with E-state index >= 15 is 0 Å². The maximum Gasteiger partial charge on any atom is 0.338 e. The molecule has 3 saturated carbocycles. The molecule has 4 aliphatic rings. The summed E-state index contributed by atoms with van der Waals surface area (Å²) in [5.41, 5.74) is -0.182. The highest BCUT2D eigenvalue weighted by Crippen LogP contribution is 2.59. The molecule has 1 aromatic carbocycles. The summed E-state index contributed by atoms with van der Waals surface area (Å²) in [6, 6.07) is 3.21. The summed E-state index contributed by atoms with van der Waals surface area (Å²) in [4.78, 5) is 68.0. The first-order valence-corrected chi connectivity index (χ1v) is 22.1. The van der Waals surface area contributed by atoms with Gasteiger partial charge in [-0.15, -0.1) is 0 Å². The first-order valence-electron chi connectivity index (χ1n) is 20.5. The van der Waals surface area contributed by atoms with Crippen LogP contribution in [0.5, 0.6) is 11.5 Å². The number of esters is 5. The van der Waals surface area contributed by atoms with Crippen molar-refractivity contribution < 1.29 is 52.4 Å². The van der Waals surface area contributed by atoms with Gasteiger partial charge in [0.2, 0.25) is 0 Å². The summed E-state index contributed by atoms with van der Waals surface area (Å²) in [6.45, 7) is 16.1. The van der Waals surface area contributed by atoms with E-state index < -0.39 is 23.8 Å². The second kappa shape index (κ2) is 22.4. The second-order valence-corrected chi connectivity index (χ2v) is 17.5. The van der Waals surface area contributed by atoms with Crippen LogP contribution < -0.4 is 9.47 Å². The summed E-state index contributed by atoms with van der Waals surface area (Å²) in [6.07, 6.45) is 13.4. The third-order valence-corrected chi connectivity index (χ3v) is 13.7. The maximum atomic E-state index is 13.5. The summed E-state index contributed by atoms with van der Waals surface area (Å²) in [7, 11) is 0. The zero-order chi connectivity index (χ0) is 40.7. The van der Waals surface area contributed by atoms with Crippen LogP contribution in [0.4, 0.5) is 0 Å². The molecule has 1 aliphatic heterocycles. The molecule has 3 aliphatic carbocycles. The molecule has 5 rings (SSSR count). The van der Waals surface area contributed by atoms with Crippen molar-refractivity contribution in [2.24, 2.45) is 23.7 Å². The van der Waals surface area contributed by atoms with E-state index in [0.717, 1.165) is 101 Å². The van der Waals surface area contributed by atoms with Crippen molar-refractivity contribution in [2.45, 2.75) is 139 Å². The number of carbonyl (C=O) groups is 5. The Bertz CT molecular complexity index is 1680. The minimum Gasteiger partial charge on any atom is -0.471 e. The van der Waals surface area contributed by atoms with E-state index in [1.807, 2.05) is 0 Å². The lowest BCUT2D eigenvalue weighted by Gasteiger charge is -2.31. The Kier molecular flexibility index (Phi) is 17.4. The average molecular weight is 826 g/mol. The second-order valence-electron chi connectivity index (χ2n) is 15.2. The van der Waals surface area contributed by atoms with Gasteiger partial charge in [0, 0.05) is 12.7 Å². The summed E-state index contributed by atoms with van der Waals surface area (Å²) >= 11 is 2.26. The number of unbranched alkanes of at least 4 members (excludes halogenated alkanes) is 3. The molecule has 0 N–H and O–H groups in total. The van der Waals surface area contributed by atoms with Crippen LogP contribution in [-0.2, 0) is 42.9 Å². The molecule has 12 nitrogen and oxygen atoms in total. The zero-order valence-electron chi connectivity index (χ0n) is 33.1. The molecule has 1 aromatic rings. The lowest BCUT2D eigenvalue weighted by molar-refractivity contribution is -0.159. The predicted molar refractivity (Wildman–Crippen MR) is 214 cm³/mol. The molecule has 3 fully saturated rings. The van der Waals surface area contributed by atoms with Crippen LogP contribution >= 0.6 is 23.5 Å². The normalized spacial score (nSPS) is 25.2. The average Bonchev–Trinajstić information content (AvgIpc) is 3.66. The fraction of sp³-hybridized carbons (Fsp3) is 0.628. The van der Waals surface area contributed by atoms with E-state index in [1.54, 1.807) is 19.1 Å². The van der Waals surface area contributed by atoms with Gasteiger partial charge in [-0.05, 0) is 121 Å². The van der Waals surface area contributed by atoms with Crippen molar-refractivity contribution in [3.05, 3.63) is 46.1 Å². The molecule has 1 heterocycles. The lowest BCUT2D eigenvalue weighted by Crippen LogP contribution is -2.33. The van der Waals surface area contributed by atoms with E-state index in [2.05, 4.69) is 18.3 Å². The van der Waals surface area contributed by atoms with Gasteiger partial charge < -0.3 is 28.4 Å². The Morgan fingerprint density at radius 3 is 1.75 bits per heavy atom. The van der Waals surface area contributed by atoms with Crippen LogP contribution in [0.3, 0.4) is 0 Å². The fourth-order valence-electron chi connectivity index (χ4n) is 7.62. The van der Waals surface area contributed by atoms with Gasteiger partial charge in [0.05, 0.1) is 57.7 Å². The number of rotatable bonds is 17. The number of benzene rings is 1. The summed E-state index contributed by atoms with van der Waals surface area (Å²) in [5, 5.41) is 0. The first-order chi connectivity index (χ1) is 27.6. The van der Waals surface area contributed by atoms with Crippen LogP contribution in [0.25, 0.3) is 4.85 Å². The molecule has 0 aromatic heterocycles. The van der Waals surface area contributed by atoms with Crippen molar-refractivity contribution in [3.63, 3.8) is 0 Å². The zero-order valence-corrected chi connectivity index (χ0v) is 34.7. The van der Waals surface area contributed by atoms with E-state index in [0.29, 0.717) is 64.6 Å². The SMILES string of the molecule is [C-]#[N+]/C(C(=O)OCC)=C1/Sc2c(OC(=O)C3CCC(C)CC3)ccc(OC(=O)C3CCC(OC(=O)C4CCC(OCCCCCCOC(=O)C=C)CC4)CC3)c2S1. The highest BCUT2D eigenvalue weighted by atomic mass is 32.2. The first kappa shape index (κ1) is 44.3. The van der Waals surface area contributed by atoms with Crippen molar-refractivity contribution in [1.82, 2.24) is 0 Å². The largest absolute Gasteiger partial charge is 0.471 e. The van der Waals surface area contributed by atoms with Crippen LogP contribution in [-0.4, -0.2) is 61.9 Å². The highest BCUT2D eigenvalue weighted by molar-refractivity contribution is 8.24. The quantitative estimate of drug-likeness (QED) is 0.0368. The Morgan fingerprint density at radius 1 is 0.719 bits per heavy atom. The predicted octanol–water partition coefficient (Wildman–Crippen LogP) is 9.14. The van der Waals surface area contributed by atoms with Gasteiger partial charge in [0.1, 0.15) is 17.6 Å². The number of hydrogen-bond acceptors (Lipinski definition) is 13. The lowest BCUT2D eigenvalue weighted by atomic mass is 9.83. The molecule has 0 unspecified atom stereocenters. The maximum absolute atomic E-state index is 13.5. The standard InChI is InChI=1S/C43H55NO11S2/c1-5-35(45)52-26-10-8-7-9-25-51-31-19-15-29(16-20-31)39(46)53-32-21-17-30(18-22-32)41(48)55-34-24-23-33(54-40(47)28-13-11-27(3)12-14-28)37-38(34)57-43(56-37)36(44-4)42(49)50-6-2/h5,23-24,27-32H,1,6-22,25-26H2,2-3H3/b43-36-. The van der Waals surface area contributed by atoms with E-state index in [-0.39, 0.29) is 54.0 Å². The Labute approximate surface area is 344 Å². The molecule has 0 amide bonds. The number of nitrogens with zero attached hydrogens (tertiary/aromatic N) is 1. The smallest absolute Gasteiger partial charge is 0.338 e. The fourth-order valence-corrected chi connectivity index (χ4v) is 10.2. The molecule has 0 radical (unpaired) electrons. The van der Waals surface area contributed by atoms with Gasteiger partial charge in [-0.25, -0.2) is 9.64 Å². The van der Waals surface area contributed by atoms with Gasteiger partial charge in [0.25, 0.3) is 5.70 Å². The third-order valence-electron chi connectivity index (χ3n) is 11.1. The minimum absolute atomic E-state index is 0.111. The summed E-state index contributed by atoms with van der Waals surface area (Å²) < 4.78 is 34.4. The van der Waals surface area contributed by atoms with Crippen molar-refractivity contribution in [1.29, 1.82) is 0 Å². The molecule has 0 bridgehead atoms. The number of thioether (sulfide) groups is 2. The van der Waals surface area contributed by atoms with Gasteiger partial charge in [-0.1, -0.05) is 43.4 Å².